The zero-order valence-electron chi connectivity index (χ0n) is 19.3. The Kier molecular flexibility index (Phi) is 4.71. The number of nitrogens with two attached hydrogens (primary N) is 1. The Morgan fingerprint density at radius 3 is 2.38 bits per heavy atom. The van der Waals surface area contributed by atoms with Crippen molar-refractivity contribution in [2.45, 2.75) is 50.4 Å². The molecule has 0 spiro atoms. The molecule has 182 valence electrons. The van der Waals surface area contributed by atoms with Crippen LogP contribution in [0.2, 0.25) is 0 Å². The number of halogens is 3. The van der Waals surface area contributed by atoms with Gasteiger partial charge in [-0.1, -0.05) is 0 Å². The fraction of sp³-hybridized carbons (Fsp3) is 0.625. The van der Waals surface area contributed by atoms with Gasteiger partial charge in [0.1, 0.15) is 5.82 Å². The molecule has 3 N–H and O–H groups in total. The van der Waals surface area contributed by atoms with E-state index in [1.807, 2.05) is 19.9 Å². The second-order valence-corrected chi connectivity index (χ2v) is 11.1. The molecule has 0 aromatic carbocycles. The first kappa shape index (κ1) is 22.0. The molecule has 2 aromatic rings. The average molecular weight is 475 g/mol. The summed E-state index contributed by atoms with van der Waals surface area (Å²) in [6.07, 6.45) is -0.959. The highest BCUT2D eigenvalue weighted by molar-refractivity contribution is 5.64. The van der Waals surface area contributed by atoms with Gasteiger partial charge in [0.25, 0.3) is 0 Å². The molecule has 7 rings (SSSR count). The minimum Gasteiger partial charge on any atom is -0.389 e. The smallest absolute Gasteiger partial charge is 0.389 e. The largest absolute Gasteiger partial charge is 0.419 e. The molecule has 2 aromatic heterocycles. The van der Waals surface area contributed by atoms with Crippen molar-refractivity contribution in [3.05, 3.63) is 29.6 Å². The highest BCUT2D eigenvalue weighted by Gasteiger charge is 2.57. The number of likely N-dealkylation sites (tertiary alicyclic amines) is 1. The normalized spacial score (nSPS) is 30.4. The van der Waals surface area contributed by atoms with Crippen molar-refractivity contribution in [1.29, 1.82) is 0 Å². The zero-order valence-corrected chi connectivity index (χ0v) is 19.3. The van der Waals surface area contributed by atoms with Crippen molar-refractivity contribution in [2.75, 3.05) is 36.8 Å². The van der Waals surface area contributed by atoms with E-state index in [1.165, 1.54) is 6.20 Å². The van der Waals surface area contributed by atoms with Crippen LogP contribution in [-0.4, -0.2) is 62.8 Å². The van der Waals surface area contributed by atoms with Gasteiger partial charge in [-0.05, 0) is 56.6 Å². The molecule has 10 heteroatoms. The molecule has 5 fully saturated rings. The lowest BCUT2D eigenvalue weighted by molar-refractivity contribution is -0.137. The summed E-state index contributed by atoms with van der Waals surface area (Å²) in [5.74, 6) is 1.89. The van der Waals surface area contributed by atoms with E-state index in [0.717, 1.165) is 44.2 Å². The molecule has 3 atom stereocenters. The Hall–Kier alpha value is -2.46. The van der Waals surface area contributed by atoms with Crippen LogP contribution in [0, 0.1) is 17.8 Å². The van der Waals surface area contributed by atoms with Gasteiger partial charge < -0.3 is 15.7 Å². The maximum atomic E-state index is 13.5. The van der Waals surface area contributed by atoms with Crippen LogP contribution in [-0.2, 0) is 6.18 Å². The molecule has 0 radical (unpaired) electrons. The summed E-state index contributed by atoms with van der Waals surface area (Å²) in [7, 11) is 0. The third-order valence-corrected chi connectivity index (χ3v) is 7.84. The first-order valence-electron chi connectivity index (χ1n) is 11.9. The van der Waals surface area contributed by atoms with E-state index < -0.39 is 23.2 Å². The summed E-state index contributed by atoms with van der Waals surface area (Å²) >= 11 is 0. The van der Waals surface area contributed by atoms with Crippen molar-refractivity contribution in [3.8, 4) is 11.3 Å². The number of hydrogen-bond donors (Lipinski definition) is 2. The van der Waals surface area contributed by atoms with Crippen molar-refractivity contribution >= 4 is 11.8 Å². The predicted molar refractivity (Wildman–Crippen MR) is 121 cm³/mol. The topological polar surface area (TPSA) is 91.4 Å². The first-order valence-corrected chi connectivity index (χ1v) is 11.9. The summed E-state index contributed by atoms with van der Waals surface area (Å²) in [6.45, 7) is 6.94. The Morgan fingerprint density at radius 2 is 1.79 bits per heavy atom. The first-order chi connectivity index (χ1) is 16.0. The van der Waals surface area contributed by atoms with Crippen LogP contribution in [0.4, 0.5) is 24.9 Å². The molecule has 7 nitrogen and oxygen atoms in total. The molecule has 2 aliphatic carbocycles. The van der Waals surface area contributed by atoms with E-state index in [4.69, 9.17) is 15.7 Å². The van der Waals surface area contributed by atoms with Crippen LogP contribution in [0.3, 0.4) is 0 Å². The Labute approximate surface area is 196 Å². The molecule has 2 saturated carbocycles. The van der Waals surface area contributed by atoms with E-state index in [-0.39, 0.29) is 5.92 Å². The number of piperidine rings is 1. The van der Waals surface area contributed by atoms with Gasteiger partial charge in [-0.3, -0.25) is 4.90 Å². The van der Waals surface area contributed by atoms with Gasteiger partial charge in [0.15, 0.2) is 0 Å². The number of aromatic nitrogens is 3. The predicted octanol–water partition coefficient (Wildman–Crippen LogP) is 3.15. The fourth-order valence-corrected chi connectivity index (χ4v) is 6.25. The number of nitrogen functional groups attached to an aromatic ring is 1. The molecular formula is C24H29F3N6O. The molecule has 34 heavy (non-hydrogen) atoms. The molecule has 5 heterocycles. The van der Waals surface area contributed by atoms with Crippen LogP contribution in [0.15, 0.2) is 18.3 Å². The average Bonchev–Trinajstić information content (AvgIpc) is 3.10. The summed E-state index contributed by atoms with van der Waals surface area (Å²) < 4.78 is 40.4. The standard InChI is InChI=1S/C24H29F3N6O/c1-23(2,34)11-32-9-15-16(10-32)20(15)19-6-18(13-5-17(24(25,26)27)21(28)29-7-13)30-22(31-19)33-8-12-3-14(33)4-12/h5-7,12,14-16,20,34H,3-4,8-11H2,1-2H3,(H2,28,29)/t12?,14?,15-,16?,20?/m1/s1. The number of aliphatic hydroxyl groups is 1. The summed E-state index contributed by atoms with van der Waals surface area (Å²) in [5, 5.41) is 10.1. The second-order valence-electron chi connectivity index (χ2n) is 11.1. The molecule has 3 saturated heterocycles. The van der Waals surface area contributed by atoms with Gasteiger partial charge in [-0.25, -0.2) is 15.0 Å². The van der Waals surface area contributed by atoms with Gasteiger partial charge >= 0.3 is 6.18 Å². The van der Waals surface area contributed by atoms with E-state index in [1.54, 1.807) is 0 Å². The van der Waals surface area contributed by atoms with Crippen molar-refractivity contribution in [2.24, 2.45) is 17.8 Å². The molecule has 3 aliphatic heterocycles. The number of nitrogens with zero attached hydrogens (tertiary/aromatic N) is 5. The van der Waals surface area contributed by atoms with Crippen LogP contribution in [0.5, 0.6) is 0 Å². The lowest BCUT2D eigenvalue weighted by Gasteiger charge is -2.27. The molecule has 2 unspecified atom stereocenters. The minimum absolute atomic E-state index is 0.264. The molecule has 5 aliphatic rings. The van der Waals surface area contributed by atoms with Crippen LogP contribution >= 0.6 is 0 Å². The molecule has 2 bridgehead atoms. The van der Waals surface area contributed by atoms with Gasteiger partial charge in [-0.15, -0.1) is 0 Å². The maximum absolute atomic E-state index is 13.5. The van der Waals surface area contributed by atoms with Crippen molar-refractivity contribution in [1.82, 2.24) is 19.9 Å². The minimum atomic E-state index is -4.58. The van der Waals surface area contributed by atoms with Crippen molar-refractivity contribution < 1.29 is 18.3 Å². The highest BCUT2D eigenvalue weighted by atomic mass is 19.4. The fourth-order valence-electron chi connectivity index (χ4n) is 6.25. The van der Waals surface area contributed by atoms with E-state index in [2.05, 4.69) is 14.8 Å². The van der Waals surface area contributed by atoms with Crippen LogP contribution in [0.1, 0.15) is 43.9 Å². The molecular weight excluding hydrogens is 445 g/mol. The third-order valence-electron chi connectivity index (χ3n) is 7.84. The van der Waals surface area contributed by atoms with Crippen molar-refractivity contribution in [3.63, 3.8) is 0 Å². The third kappa shape index (κ3) is 3.80. The summed E-state index contributed by atoms with van der Waals surface area (Å²) in [5.41, 5.74) is 5.49. The van der Waals surface area contributed by atoms with Gasteiger partial charge in [-0.2, -0.15) is 13.2 Å². The number of hydrogen-bond acceptors (Lipinski definition) is 7. The summed E-state index contributed by atoms with van der Waals surface area (Å²) in [6, 6.07) is 3.30. The Morgan fingerprint density at radius 1 is 1.09 bits per heavy atom. The monoisotopic (exact) mass is 474 g/mol. The quantitative estimate of drug-likeness (QED) is 0.688. The lowest BCUT2D eigenvalue weighted by atomic mass is 9.86. The zero-order chi connectivity index (χ0) is 24.0. The Bertz CT molecular complexity index is 1110. The van der Waals surface area contributed by atoms with E-state index >= 15 is 0 Å². The maximum Gasteiger partial charge on any atom is 0.419 e. The number of fused-ring (bicyclic) bond motifs is 2. The molecule has 0 amide bonds. The number of rotatable bonds is 5. The second kappa shape index (κ2) is 7.27. The SMILES string of the molecule is CC(C)(O)CN1CC2C(c3cc(-c4cnc(N)c(C(F)(F)F)c4)nc(N4CC5CC4C5)n3)[C@@H]2C1. The number of anilines is 2. The van der Waals surface area contributed by atoms with Gasteiger partial charge in [0.05, 0.1) is 22.6 Å². The van der Waals surface area contributed by atoms with Crippen LogP contribution < -0.4 is 10.6 Å². The lowest BCUT2D eigenvalue weighted by Crippen LogP contribution is -2.38. The Balaban J connectivity index is 1.33. The van der Waals surface area contributed by atoms with Gasteiger partial charge in [0.2, 0.25) is 5.95 Å². The van der Waals surface area contributed by atoms with Gasteiger partial charge in [0, 0.05) is 49.9 Å². The highest BCUT2D eigenvalue weighted by Crippen LogP contribution is 2.58. The number of β-amino-alcohol motifs (C(OH)–C–C–N with tert-alkyl or cyclic N) is 1. The summed E-state index contributed by atoms with van der Waals surface area (Å²) in [4.78, 5) is 17.9. The number of pyridine rings is 1. The van der Waals surface area contributed by atoms with E-state index in [0.29, 0.717) is 47.5 Å². The van der Waals surface area contributed by atoms with E-state index in [9.17, 15) is 18.3 Å². The number of alkyl halides is 3. The van der Waals surface area contributed by atoms with Crippen LogP contribution in [0.25, 0.3) is 11.3 Å².